The smallest absolute Gasteiger partial charge is 0.0541 e. The first-order chi connectivity index (χ1) is 19.3. The number of hydrogen-bond acceptors (Lipinski definition) is 0. The van der Waals surface area contributed by atoms with Crippen molar-refractivity contribution in [3.63, 3.8) is 0 Å². The van der Waals surface area contributed by atoms with Crippen molar-refractivity contribution in [3.05, 3.63) is 140 Å². The molecule has 8 aromatic carbocycles. The van der Waals surface area contributed by atoms with Crippen LogP contribution in [0, 0.1) is 0 Å². The van der Waals surface area contributed by atoms with Gasteiger partial charge < -0.3 is 4.57 Å². The summed E-state index contributed by atoms with van der Waals surface area (Å²) in [4.78, 5) is 0. The average Bonchev–Trinajstić information content (AvgIpc) is 3.34. The zero-order valence-corrected chi connectivity index (χ0v) is 21.2. The van der Waals surface area contributed by atoms with Gasteiger partial charge in [0.25, 0.3) is 0 Å². The van der Waals surface area contributed by atoms with Crippen LogP contribution in [-0.2, 0) is 0 Å². The van der Waals surface area contributed by atoms with Crippen molar-refractivity contribution in [2.45, 2.75) is 0 Å². The van der Waals surface area contributed by atoms with Crippen LogP contribution in [-0.4, -0.2) is 4.57 Å². The summed E-state index contributed by atoms with van der Waals surface area (Å²) in [5.41, 5.74) is 6.21. The molecule has 9 aromatic rings. The zero-order chi connectivity index (χ0) is 25.5. The van der Waals surface area contributed by atoms with Crippen LogP contribution >= 0.6 is 0 Å². The van der Waals surface area contributed by atoms with Crippen LogP contribution in [0.25, 0.3) is 81.7 Å². The molecule has 0 amide bonds. The molecule has 0 fully saturated rings. The van der Waals surface area contributed by atoms with Crippen LogP contribution in [0.4, 0.5) is 0 Å². The van der Waals surface area contributed by atoms with Gasteiger partial charge in [0.15, 0.2) is 0 Å². The highest BCUT2D eigenvalue weighted by Crippen LogP contribution is 2.40. The molecule has 0 N–H and O–H groups in total. The third kappa shape index (κ3) is 2.90. The second-order valence-electron chi connectivity index (χ2n) is 10.6. The minimum Gasteiger partial charge on any atom is -0.309 e. The fourth-order valence-electron chi connectivity index (χ4n) is 6.73. The maximum Gasteiger partial charge on any atom is 0.0541 e. The Bertz CT molecular complexity index is 2320. The maximum atomic E-state index is 2.39. The van der Waals surface area contributed by atoms with E-state index in [1.54, 1.807) is 0 Å². The van der Waals surface area contributed by atoms with E-state index in [4.69, 9.17) is 0 Å². The quantitative estimate of drug-likeness (QED) is 0.211. The molecule has 0 radical (unpaired) electrons. The summed E-state index contributed by atoms with van der Waals surface area (Å²) in [5, 5.41) is 13.0. The number of fused-ring (bicyclic) bond motifs is 4. The fraction of sp³-hybridized carbons (Fsp3) is 0. The monoisotopic (exact) mass is 493 g/mol. The Morgan fingerprint density at radius 3 is 1.72 bits per heavy atom. The zero-order valence-electron chi connectivity index (χ0n) is 21.2. The SMILES string of the molecule is c1cc2ccc3ccc(-c4ccc5cc(-n6c7ccccc7c7ccccc76)ccc5c4)c4ccc(c1)c2c34. The number of benzene rings is 8. The molecule has 0 unspecified atom stereocenters. The molecule has 0 atom stereocenters. The first kappa shape index (κ1) is 20.9. The minimum atomic E-state index is 1.19. The lowest BCUT2D eigenvalue weighted by molar-refractivity contribution is 1.19. The van der Waals surface area contributed by atoms with Gasteiger partial charge in [0.1, 0.15) is 0 Å². The topological polar surface area (TPSA) is 4.93 Å². The molecular formula is C38H23N. The molecule has 180 valence electrons. The van der Waals surface area contributed by atoms with Crippen molar-refractivity contribution in [1.29, 1.82) is 0 Å². The predicted octanol–water partition coefficient (Wildman–Crippen LogP) is 10.5. The molecule has 0 bridgehead atoms. The highest BCUT2D eigenvalue weighted by Gasteiger charge is 2.14. The second-order valence-corrected chi connectivity index (χ2v) is 10.6. The van der Waals surface area contributed by atoms with E-state index >= 15 is 0 Å². The van der Waals surface area contributed by atoms with Gasteiger partial charge in [0, 0.05) is 16.5 Å². The summed E-state index contributed by atoms with van der Waals surface area (Å²) in [6, 6.07) is 51.4. The van der Waals surface area contributed by atoms with Crippen molar-refractivity contribution < 1.29 is 0 Å². The van der Waals surface area contributed by atoms with Crippen LogP contribution < -0.4 is 0 Å². The summed E-state index contributed by atoms with van der Waals surface area (Å²) in [6.07, 6.45) is 0. The largest absolute Gasteiger partial charge is 0.309 e. The highest BCUT2D eigenvalue weighted by molar-refractivity contribution is 6.25. The van der Waals surface area contributed by atoms with Gasteiger partial charge >= 0.3 is 0 Å². The van der Waals surface area contributed by atoms with Crippen molar-refractivity contribution in [1.82, 2.24) is 4.57 Å². The molecule has 0 aliphatic heterocycles. The van der Waals surface area contributed by atoms with E-state index in [2.05, 4.69) is 144 Å². The Morgan fingerprint density at radius 2 is 0.949 bits per heavy atom. The molecule has 9 rings (SSSR count). The van der Waals surface area contributed by atoms with Crippen molar-refractivity contribution in [2.75, 3.05) is 0 Å². The van der Waals surface area contributed by atoms with Gasteiger partial charge in [0.05, 0.1) is 11.0 Å². The summed E-state index contributed by atoms with van der Waals surface area (Å²) in [7, 11) is 0. The summed E-state index contributed by atoms with van der Waals surface area (Å²) >= 11 is 0. The minimum absolute atomic E-state index is 1.19. The lowest BCUT2D eigenvalue weighted by atomic mass is 9.89. The Labute approximate surface area is 225 Å². The molecule has 0 saturated heterocycles. The van der Waals surface area contributed by atoms with Crippen LogP contribution in [0.1, 0.15) is 0 Å². The number of rotatable bonds is 2. The van der Waals surface area contributed by atoms with Gasteiger partial charge in [-0.15, -0.1) is 0 Å². The Balaban J connectivity index is 1.24. The molecule has 0 spiro atoms. The molecule has 1 heteroatoms. The normalized spacial score (nSPS) is 12.1. The van der Waals surface area contributed by atoms with Gasteiger partial charge in [0.2, 0.25) is 0 Å². The first-order valence-electron chi connectivity index (χ1n) is 13.5. The Hall–Kier alpha value is -5.14. The van der Waals surface area contributed by atoms with E-state index in [-0.39, 0.29) is 0 Å². The van der Waals surface area contributed by atoms with E-state index in [9.17, 15) is 0 Å². The van der Waals surface area contributed by atoms with E-state index in [0.29, 0.717) is 0 Å². The number of hydrogen-bond donors (Lipinski definition) is 0. The van der Waals surface area contributed by atoms with Crippen LogP contribution in [0.2, 0.25) is 0 Å². The van der Waals surface area contributed by atoms with Gasteiger partial charge in [-0.2, -0.15) is 0 Å². The molecular weight excluding hydrogens is 470 g/mol. The van der Waals surface area contributed by atoms with Gasteiger partial charge in [-0.1, -0.05) is 109 Å². The van der Waals surface area contributed by atoms with Gasteiger partial charge in [-0.05, 0) is 84.5 Å². The lowest BCUT2D eigenvalue weighted by Crippen LogP contribution is -1.93. The number of aromatic nitrogens is 1. The van der Waals surface area contributed by atoms with Gasteiger partial charge in [-0.25, -0.2) is 0 Å². The molecule has 39 heavy (non-hydrogen) atoms. The van der Waals surface area contributed by atoms with Crippen LogP contribution in [0.5, 0.6) is 0 Å². The molecule has 1 heterocycles. The summed E-state index contributed by atoms with van der Waals surface area (Å²) in [5.74, 6) is 0. The lowest BCUT2D eigenvalue weighted by Gasteiger charge is -2.15. The summed E-state index contributed by atoms with van der Waals surface area (Å²) < 4.78 is 2.39. The van der Waals surface area contributed by atoms with Crippen molar-refractivity contribution in [3.8, 4) is 16.8 Å². The van der Waals surface area contributed by atoms with E-state index in [1.807, 2.05) is 0 Å². The van der Waals surface area contributed by atoms with Crippen LogP contribution in [0.15, 0.2) is 140 Å². The van der Waals surface area contributed by atoms with Crippen molar-refractivity contribution >= 4 is 64.9 Å². The van der Waals surface area contributed by atoms with Crippen molar-refractivity contribution in [2.24, 2.45) is 0 Å². The molecule has 0 aliphatic carbocycles. The molecule has 0 saturated carbocycles. The van der Waals surface area contributed by atoms with Crippen LogP contribution in [0.3, 0.4) is 0 Å². The first-order valence-corrected chi connectivity index (χ1v) is 13.5. The maximum absolute atomic E-state index is 2.39. The second kappa shape index (κ2) is 7.69. The fourth-order valence-corrected chi connectivity index (χ4v) is 6.73. The Kier molecular flexibility index (Phi) is 4.11. The molecule has 0 aliphatic rings. The molecule has 1 nitrogen and oxygen atoms in total. The average molecular weight is 494 g/mol. The molecule has 1 aromatic heterocycles. The predicted molar refractivity (Wildman–Crippen MR) is 167 cm³/mol. The van der Waals surface area contributed by atoms with Gasteiger partial charge in [-0.3, -0.25) is 0 Å². The van der Waals surface area contributed by atoms with E-state index < -0.39 is 0 Å². The van der Waals surface area contributed by atoms with E-state index in [0.717, 1.165) is 0 Å². The third-order valence-corrected chi connectivity index (χ3v) is 8.50. The number of para-hydroxylation sites is 2. The Morgan fingerprint density at radius 1 is 0.359 bits per heavy atom. The standard InChI is InChI=1S/C38H23N/c1-3-10-35-32(8-1)33-9-2-4-11-36(33)39(35)30-19-16-27-22-29(15-14-28(27)23-30)31-20-17-26-13-12-24-6-5-7-25-18-21-34(31)38(26)37(24)25/h1-23H. The number of nitrogens with zero attached hydrogens (tertiary/aromatic N) is 1. The third-order valence-electron chi connectivity index (χ3n) is 8.50. The summed E-state index contributed by atoms with van der Waals surface area (Å²) in [6.45, 7) is 0. The van der Waals surface area contributed by atoms with E-state index in [1.165, 1.54) is 81.7 Å². The highest BCUT2D eigenvalue weighted by atomic mass is 15.0.